The normalized spacial score (nSPS) is 26.7. The van der Waals surface area contributed by atoms with Gasteiger partial charge in [0.15, 0.2) is 0 Å². The average Bonchev–Trinajstić information content (AvgIpc) is 3.08. The van der Waals surface area contributed by atoms with Gasteiger partial charge in [-0.3, -0.25) is 9.36 Å². The van der Waals surface area contributed by atoms with Crippen molar-refractivity contribution in [1.82, 2.24) is 19.7 Å². The van der Waals surface area contributed by atoms with Crippen molar-refractivity contribution in [3.63, 3.8) is 0 Å². The maximum Gasteiger partial charge on any atom is 0.345 e. The van der Waals surface area contributed by atoms with E-state index in [1.165, 1.54) is 29.5 Å². The lowest BCUT2D eigenvalue weighted by molar-refractivity contribution is -0.116. The molecule has 2 N–H and O–H groups in total. The molecule has 0 aliphatic heterocycles. The van der Waals surface area contributed by atoms with Crippen LogP contribution < -0.4 is 11.0 Å². The molecule has 2 fully saturated rings. The van der Waals surface area contributed by atoms with Crippen LogP contribution in [0.5, 0.6) is 0 Å². The van der Waals surface area contributed by atoms with E-state index < -0.39 is 6.10 Å². The first kappa shape index (κ1) is 17.9. The summed E-state index contributed by atoms with van der Waals surface area (Å²) >= 11 is 0. The fourth-order valence-electron chi connectivity index (χ4n) is 4.09. The Kier molecular flexibility index (Phi) is 5.42. The molecule has 138 valence electrons. The quantitative estimate of drug-likeness (QED) is 0.794. The largest absolute Gasteiger partial charge is 0.393 e. The lowest BCUT2D eigenvalue weighted by atomic mass is 9.94. The van der Waals surface area contributed by atoms with Gasteiger partial charge in [-0.2, -0.15) is 5.10 Å². The molecule has 2 aliphatic carbocycles. The number of carbonyl (C=O) groups is 1. The van der Waals surface area contributed by atoms with E-state index in [0.717, 1.165) is 19.3 Å². The molecule has 0 aromatic carbocycles. The van der Waals surface area contributed by atoms with Crippen LogP contribution in [-0.2, 0) is 18.9 Å². The fraction of sp³-hybridized carbons (Fsp3) is 0.722. The lowest BCUT2D eigenvalue weighted by Gasteiger charge is -2.16. The van der Waals surface area contributed by atoms with E-state index in [1.807, 2.05) is 0 Å². The van der Waals surface area contributed by atoms with Crippen LogP contribution >= 0.6 is 0 Å². The molecular weight excluding hydrogens is 320 g/mol. The number of hydrogen-bond acceptors (Lipinski definition) is 4. The third-order valence-corrected chi connectivity index (χ3v) is 5.55. The minimum atomic E-state index is -0.482. The summed E-state index contributed by atoms with van der Waals surface area (Å²) in [6.45, 7) is 0.459. The number of aromatic nitrogens is 3. The van der Waals surface area contributed by atoms with Crippen LogP contribution in [-0.4, -0.2) is 38.0 Å². The van der Waals surface area contributed by atoms with Crippen LogP contribution in [0.2, 0.25) is 0 Å². The van der Waals surface area contributed by atoms with Gasteiger partial charge in [0.1, 0.15) is 5.82 Å². The number of allylic oxidation sites excluding steroid dienone is 1. The highest BCUT2D eigenvalue weighted by molar-refractivity contribution is 5.88. The highest BCUT2D eigenvalue weighted by Gasteiger charge is 2.36. The van der Waals surface area contributed by atoms with Gasteiger partial charge in [0.2, 0.25) is 5.91 Å². The second-order valence-corrected chi connectivity index (χ2v) is 7.43. The summed E-state index contributed by atoms with van der Waals surface area (Å²) in [7, 11) is 3.34. The van der Waals surface area contributed by atoms with E-state index in [2.05, 4.69) is 10.4 Å². The summed E-state index contributed by atoms with van der Waals surface area (Å²) in [5.74, 6) is 0.700. The fourth-order valence-corrected chi connectivity index (χ4v) is 4.09. The summed E-state index contributed by atoms with van der Waals surface area (Å²) in [5.41, 5.74) is 1.08. The third-order valence-electron chi connectivity index (χ3n) is 5.55. The monoisotopic (exact) mass is 348 g/mol. The summed E-state index contributed by atoms with van der Waals surface area (Å²) < 4.78 is 2.87. The highest BCUT2D eigenvalue weighted by atomic mass is 16.3. The lowest BCUT2D eigenvalue weighted by Crippen LogP contribution is -2.31. The minimum absolute atomic E-state index is 0.00388. The highest BCUT2D eigenvalue weighted by Crippen LogP contribution is 2.37. The van der Waals surface area contributed by atoms with Gasteiger partial charge in [-0.15, -0.1) is 0 Å². The molecule has 1 heterocycles. The zero-order chi connectivity index (χ0) is 18.0. The van der Waals surface area contributed by atoms with Gasteiger partial charge in [0.05, 0.1) is 6.10 Å². The smallest absolute Gasteiger partial charge is 0.345 e. The van der Waals surface area contributed by atoms with Gasteiger partial charge in [0, 0.05) is 38.6 Å². The molecule has 0 radical (unpaired) electrons. The van der Waals surface area contributed by atoms with Crippen molar-refractivity contribution >= 4 is 5.91 Å². The van der Waals surface area contributed by atoms with Crippen molar-refractivity contribution in [2.24, 2.45) is 20.0 Å². The van der Waals surface area contributed by atoms with Crippen LogP contribution in [0.15, 0.2) is 16.4 Å². The Morgan fingerprint density at radius 1 is 1.28 bits per heavy atom. The summed E-state index contributed by atoms with van der Waals surface area (Å²) in [5, 5.41) is 17.6. The Morgan fingerprint density at radius 3 is 2.64 bits per heavy atom. The van der Waals surface area contributed by atoms with Gasteiger partial charge in [-0.05, 0) is 38.5 Å². The molecule has 3 rings (SSSR count). The molecule has 7 heteroatoms. The van der Waals surface area contributed by atoms with Crippen LogP contribution in [0, 0.1) is 5.92 Å². The molecule has 7 nitrogen and oxygen atoms in total. The Hall–Kier alpha value is -1.89. The van der Waals surface area contributed by atoms with Gasteiger partial charge in [0.25, 0.3) is 0 Å². The molecule has 25 heavy (non-hydrogen) atoms. The second-order valence-electron chi connectivity index (χ2n) is 7.43. The average molecular weight is 348 g/mol. The molecule has 2 saturated carbocycles. The second kappa shape index (κ2) is 7.56. The summed E-state index contributed by atoms with van der Waals surface area (Å²) in [6, 6.07) is 0. The number of nitrogens with one attached hydrogen (secondary N) is 1. The molecule has 0 unspecified atom stereocenters. The molecule has 1 amide bonds. The maximum absolute atomic E-state index is 12.1. The summed E-state index contributed by atoms with van der Waals surface area (Å²) in [4.78, 5) is 23.9. The Bertz CT molecular complexity index is 710. The number of amides is 1. The Balaban J connectivity index is 1.56. The van der Waals surface area contributed by atoms with Gasteiger partial charge < -0.3 is 10.4 Å². The molecule has 2 aliphatic rings. The minimum Gasteiger partial charge on any atom is -0.393 e. The first-order chi connectivity index (χ1) is 12.0. The predicted molar refractivity (Wildman–Crippen MR) is 94.1 cm³/mol. The third kappa shape index (κ3) is 4.03. The first-order valence-electron chi connectivity index (χ1n) is 9.21. The van der Waals surface area contributed by atoms with Crippen LogP contribution in [0.3, 0.4) is 0 Å². The molecule has 1 aromatic heterocycles. The SMILES string of the molecule is Cn1nc([C@H]2C[C@H](CNC(=O)C=C3CCCCC3)[C@H](O)C2)n(C)c1=O. The number of carbonyl (C=O) groups excluding carboxylic acids is 1. The van der Waals surface area contributed by atoms with Crippen molar-refractivity contribution in [3.05, 3.63) is 28.0 Å². The number of aliphatic hydroxyl groups excluding tert-OH is 1. The zero-order valence-corrected chi connectivity index (χ0v) is 15.1. The number of rotatable bonds is 4. The van der Waals surface area contributed by atoms with E-state index in [-0.39, 0.29) is 23.4 Å². The van der Waals surface area contributed by atoms with Gasteiger partial charge in [-0.25, -0.2) is 9.48 Å². The topological polar surface area (TPSA) is 89.2 Å². The van der Waals surface area contributed by atoms with E-state index in [4.69, 9.17) is 0 Å². The number of nitrogens with zero attached hydrogens (tertiary/aromatic N) is 3. The number of hydrogen-bond donors (Lipinski definition) is 2. The summed E-state index contributed by atoms with van der Waals surface area (Å²) in [6.07, 6.45) is 8.20. The van der Waals surface area contributed by atoms with Crippen molar-refractivity contribution in [2.75, 3.05) is 6.54 Å². The molecule has 3 atom stereocenters. The zero-order valence-electron chi connectivity index (χ0n) is 15.1. The Labute approximate surface area is 147 Å². The molecule has 1 aromatic rings. The Morgan fingerprint density at radius 2 is 2.00 bits per heavy atom. The van der Waals surface area contributed by atoms with Crippen molar-refractivity contribution < 1.29 is 9.90 Å². The molecule has 0 saturated heterocycles. The van der Waals surface area contributed by atoms with Gasteiger partial charge in [-0.1, -0.05) is 12.0 Å². The van der Waals surface area contributed by atoms with Crippen molar-refractivity contribution in [3.8, 4) is 0 Å². The van der Waals surface area contributed by atoms with Crippen LogP contribution in [0.4, 0.5) is 0 Å². The van der Waals surface area contributed by atoms with Gasteiger partial charge >= 0.3 is 5.69 Å². The maximum atomic E-state index is 12.1. The number of aliphatic hydroxyl groups is 1. The van der Waals surface area contributed by atoms with Crippen LogP contribution in [0.25, 0.3) is 0 Å². The van der Waals surface area contributed by atoms with Crippen molar-refractivity contribution in [2.45, 2.75) is 57.0 Å². The van der Waals surface area contributed by atoms with E-state index in [0.29, 0.717) is 18.8 Å². The van der Waals surface area contributed by atoms with E-state index >= 15 is 0 Å². The van der Waals surface area contributed by atoms with E-state index in [9.17, 15) is 14.7 Å². The van der Waals surface area contributed by atoms with E-state index in [1.54, 1.807) is 24.7 Å². The molecule has 0 spiro atoms. The molecular formula is C18H28N4O3. The first-order valence-corrected chi connectivity index (χ1v) is 9.21. The van der Waals surface area contributed by atoms with Crippen LogP contribution in [0.1, 0.15) is 56.7 Å². The van der Waals surface area contributed by atoms with Crippen molar-refractivity contribution in [1.29, 1.82) is 0 Å². The standard InChI is InChI=1S/C18H28N4O3/c1-21-17(20-22(2)18(21)25)13-9-14(15(23)10-13)11-19-16(24)8-12-6-4-3-5-7-12/h8,13-15,23H,3-7,9-11H2,1-2H3,(H,19,24)/t13-,14+,15+/m0/s1. The molecule has 0 bridgehead atoms. The number of aryl methyl sites for hydroxylation is 1. The predicted octanol–water partition coefficient (Wildman–Crippen LogP) is 0.980.